The van der Waals surface area contributed by atoms with Crippen LogP contribution < -0.4 is 4.74 Å². The summed E-state index contributed by atoms with van der Waals surface area (Å²) >= 11 is 0. The average molecular weight is 598 g/mol. The van der Waals surface area contributed by atoms with Crippen molar-refractivity contribution < 1.29 is 74.7 Å². The standard InChI is InChI=1S/C27H32O15/c28-8-17-19(32)21(34)23(36)26(41-17)39-15-6-12(31)5-14-13(15)7-16(25(38-14)10-1-3-11(30)4-2-10)40-27-24(37)22(35)20(33)18(9-29)42-27/h1-7,17-37H,8-9H2/p+1. The number of aliphatic hydroxyl groups excluding tert-OH is 8. The fourth-order valence-electron chi connectivity index (χ4n) is 4.95. The smallest absolute Gasteiger partial charge is 0.270 e. The van der Waals surface area contributed by atoms with Crippen LogP contribution in [0.15, 0.2) is 42.2 Å². The first-order valence-electron chi connectivity index (χ1n) is 13.0. The SMILES string of the molecule is OCC1OC(OC2=Cc3c(OC4OC(CO)C(O)C(O)C4O)cc(O)cc3[OH+]C2c2ccc(O)cc2)C(O)C(O)C1O. The van der Waals surface area contributed by atoms with Crippen molar-refractivity contribution in [3.05, 3.63) is 53.3 Å². The number of aromatic hydroxyl groups is 3. The van der Waals surface area contributed by atoms with E-state index in [2.05, 4.69) is 4.74 Å². The second kappa shape index (κ2) is 12.2. The van der Waals surface area contributed by atoms with Gasteiger partial charge in [0.1, 0.15) is 71.6 Å². The normalized spacial score (nSPS) is 36.4. The molecule has 15 nitrogen and oxygen atoms in total. The molecule has 11 N–H and O–H groups in total. The van der Waals surface area contributed by atoms with Crippen LogP contribution in [0.5, 0.6) is 23.0 Å². The van der Waals surface area contributed by atoms with E-state index < -0.39 is 80.7 Å². The van der Waals surface area contributed by atoms with Crippen molar-refractivity contribution >= 4 is 6.08 Å². The number of aliphatic hydroxyl groups is 9. The number of fused-ring (bicyclic) bond motifs is 1. The van der Waals surface area contributed by atoms with E-state index in [4.69, 9.17) is 18.9 Å². The summed E-state index contributed by atoms with van der Waals surface area (Å²) < 4.78 is 27.3. The van der Waals surface area contributed by atoms with E-state index in [0.29, 0.717) is 5.56 Å². The van der Waals surface area contributed by atoms with Crippen LogP contribution in [-0.4, -0.2) is 130 Å². The van der Waals surface area contributed by atoms with E-state index in [1.165, 1.54) is 30.3 Å². The molecule has 2 fully saturated rings. The van der Waals surface area contributed by atoms with Crippen LogP contribution in [-0.2, 0) is 14.2 Å². The highest BCUT2D eigenvalue weighted by atomic mass is 16.7. The molecule has 0 amide bonds. The number of rotatable bonds is 7. The van der Waals surface area contributed by atoms with Gasteiger partial charge in [0.05, 0.1) is 24.8 Å². The topological polar surface area (TPSA) is 252 Å². The summed E-state index contributed by atoms with van der Waals surface area (Å²) in [6.07, 6.45) is -15.4. The summed E-state index contributed by atoms with van der Waals surface area (Å²) in [4.78, 5) is 0. The molecule has 3 aliphatic rings. The van der Waals surface area contributed by atoms with Crippen LogP contribution in [0, 0.1) is 0 Å². The zero-order valence-corrected chi connectivity index (χ0v) is 21.9. The molecule has 42 heavy (non-hydrogen) atoms. The summed E-state index contributed by atoms with van der Waals surface area (Å²) in [7, 11) is 0. The molecule has 0 aromatic heterocycles. The van der Waals surface area contributed by atoms with Crippen molar-refractivity contribution in [2.45, 2.75) is 67.5 Å². The molecule has 11 atom stereocenters. The number of phenolic OH excluding ortho intramolecular Hbond substituents is 2. The van der Waals surface area contributed by atoms with E-state index in [1.807, 2.05) is 0 Å². The molecule has 5 rings (SSSR count). The largest absolute Gasteiger partial charge is 0.571 e. The van der Waals surface area contributed by atoms with Gasteiger partial charge in [-0.15, -0.1) is 0 Å². The number of hydrogen-bond donors (Lipinski definition) is 10. The van der Waals surface area contributed by atoms with Crippen LogP contribution in [0.4, 0.5) is 0 Å². The third-order valence-corrected chi connectivity index (χ3v) is 7.33. The average Bonchev–Trinajstić information content (AvgIpc) is 2.98. The van der Waals surface area contributed by atoms with Crippen molar-refractivity contribution in [3.63, 3.8) is 0 Å². The van der Waals surface area contributed by atoms with Crippen molar-refractivity contribution in [2.24, 2.45) is 0 Å². The number of benzene rings is 2. The molecule has 0 spiro atoms. The lowest BCUT2D eigenvalue weighted by Crippen LogP contribution is -2.60. The number of hydrogen-bond acceptors (Lipinski definition) is 14. The van der Waals surface area contributed by atoms with Gasteiger partial charge in [0.15, 0.2) is 5.76 Å². The zero-order chi connectivity index (χ0) is 30.3. The maximum absolute atomic E-state index is 10.6. The molecule has 3 aliphatic heterocycles. The molecular weight excluding hydrogens is 564 g/mol. The van der Waals surface area contributed by atoms with Gasteiger partial charge < -0.3 is 74.7 Å². The number of phenols is 2. The molecule has 2 saturated heterocycles. The second-order valence-electron chi connectivity index (χ2n) is 10.2. The quantitative estimate of drug-likeness (QED) is 0.147. The minimum absolute atomic E-state index is 0.0156. The van der Waals surface area contributed by atoms with Gasteiger partial charge in [-0.1, -0.05) is 0 Å². The Labute approximate surface area is 238 Å². The molecule has 0 aliphatic carbocycles. The molecule has 2 aromatic rings. The van der Waals surface area contributed by atoms with E-state index in [1.54, 1.807) is 12.1 Å². The fraction of sp³-hybridized carbons (Fsp3) is 0.481. The first-order valence-corrected chi connectivity index (χ1v) is 13.0. The highest BCUT2D eigenvalue weighted by Gasteiger charge is 2.48. The Morgan fingerprint density at radius 2 is 1.21 bits per heavy atom. The molecule has 0 radical (unpaired) electrons. The Hall–Kier alpha value is -3.22. The van der Waals surface area contributed by atoms with Gasteiger partial charge in [0.2, 0.25) is 12.6 Å². The third kappa shape index (κ3) is 5.71. The Bertz CT molecular complexity index is 1260. The Balaban J connectivity index is 1.53. The minimum Gasteiger partial charge on any atom is -0.571 e. The van der Waals surface area contributed by atoms with Crippen molar-refractivity contribution in [3.8, 4) is 23.0 Å². The van der Waals surface area contributed by atoms with Gasteiger partial charge in [-0.05, 0) is 24.3 Å². The number of ether oxygens (including phenoxy) is 5. The summed E-state index contributed by atoms with van der Waals surface area (Å²) in [6, 6.07) is 8.38. The maximum Gasteiger partial charge on any atom is 0.270 e. The van der Waals surface area contributed by atoms with Crippen molar-refractivity contribution in [1.82, 2.24) is 0 Å². The Morgan fingerprint density at radius 3 is 1.76 bits per heavy atom. The minimum atomic E-state index is -1.75. The molecule has 11 unspecified atom stereocenters. The molecule has 230 valence electrons. The van der Waals surface area contributed by atoms with Gasteiger partial charge in [0, 0.05) is 12.1 Å². The van der Waals surface area contributed by atoms with Crippen LogP contribution in [0.25, 0.3) is 6.08 Å². The summed E-state index contributed by atoms with van der Waals surface area (Å²) in [5, 5.41) is 101. The van der Waals surface area contributed by atoms with Gasteiger partial charge in [0.25, 0.3) is 11.9 Å². The van der Waals surface area contributed by atoms with Gasteiger partial charge in [-0.2, -0.15) is 0 Å². The maximum atomic E-state index is 10.6. The van der Waals surface area contributed by atoms with Gasteiger partial charge in [-0.25, -0.2) is 0 Å². The van der Waals surface area contributed by atoms with Crippen molar-refractivity contribution in [2.75, 3.05) is 13.2 Å². The zero-order valence-electron chi connectivity index (χ0n) is 21.9. The molecule has 2 aromatic carbocycles. The highest BCUT2D eigenvalue weighted by molar-refractivity contribution is 5.69. The molecule has 0 saturated carbocycles. The van der Waals surface area contributed by atoms with Crippen LogP contribution in [0.2, 0.25) is 0 Å². The van der Waals surface area contributed by atoms with Crippen LogP contribution >= 0.6 is 0 Å². The van der Waals surface area contributed by atoms with E-state index >= 15 is 0 Å². The monoisotopic (exact) mass is 597 g/mol. The lowest BCUT2D eigenvalue weighted by atomic mass is 9.98. The van der Waals surface area contributed by atoms with Crippen LogP contribution in [0.1, 0.15) is 17.2 Å². The predicted molar refractivity (Wildman–Crippen MR) is 138 cm³/mol. The van der Waals surface area contributed by atoms with Crippen molar-refractivity contribution in [1.29, 1.82) is 0 Å². The lowest BCUT2D eigenvalue weighted by Gasteiger charge is -2.40. The Morgan fingerprint density at radius 1 is 0.667 bits per heavy atom. The molecule has 0 bridgehead atoms. The van der Waals surface area contributed by atoms with E-state index in [-0.39, 0.29) is 34.3 Å². The third-order valence-electron chi connectivity index (χ3n) is 7.33. The lowest BCUT2D eigenvalue weighted by molar-refractivity contribution is -0.295. The highest BCUT2D eigenvalue weighted by Crippen LogP contribution is 2.46. The Kier molecular flexibility index (Phi) is 8.77. The molecule has 15 heteroatoms. The van der Waals surface area contributed by atoms with Crippen LogP contribution in [0.3, 0.4) is 0 Å². The first kappa shape index (κ1) is 30.2. The van der Waals surface area contributed by atoms with E-state index in [9.17, 15) is 51.1 Å². The molecular formula is C27H33O15+. The summed E-state index contributed by atoms with van der Waals surface area (Å²) in [6.45, 7) is -1.38. The second-order valence-corrected chi connectivity index (χ2v) is 10.2. The summed E-state index contributed by atoms with van der Waals surface area (Å²) in [5.41, 5.74) is 0.674. The fourth-order valence-corrected chi connectivity index (χ4v) is 4.95. The molecule has 3 heterocycles. The van der Waals surface area contributed by atoms with Gasteiger partial charge in [-0.3, -0.25) is 0 Å². The van der Waals surface area contributed by atoms with Gasteiger partial charge >= 0.3 is 0 Å². The predicted octanol–water partition coefficient (Wildman–Crippen LogP) is -2.57. The van der Waals surface area contributed by atoms with E-state index in [0.717, 1.165) is 0 Å². The first-order chi connectivity index (χ1) is 20.0. The summed E-state index contributed by atoms with van der Waals surface area (Å²) in [5.74, 6) is -0.246.